The van der Waals surface area contributed by atoms with Gasteiger partial charge in [-0.05, 0) is 0 Å². The van der Waals surface area contributed by atoms with Crippen molar-refractivity contribution in [2.45, 2.75) is 5.54 Å². The lowest BCUT2D eigenvalue weighted by atomic mass is 9.89. The summed E-state index contributed by atoms with van der Waals surface area (Å²) in [4.78, 5) is 22.5. The van der Waals surface area contributed by atoms with Crippen LogP contribution < -0.4 is 0 Å². The van der Waals surface area contributed by atoms with Crippen molar-refractivity contribution < 1.29 is 19.1 Å². The first-order valence-electron chi connectivity index (χ1n) is 3.84. The van der Waals surface area contributed by atoms with Crippen LogP contribution >= 0.6 is 0 Å². The number of fused-ring (bicyclic) bond motifs is 1. The Labute approximate surface area is 73.9 Å². The number of carbonyl (C=O) groups is 2. The van der Waals surface area contributed by atoms with Crippen LogP contribution in [0.1, 0.15) is 0 Å². The van der Waals surface area contributed by atoms with Crippen LogP contribution in [0.5, 0.6) is 0 Å². The first-order valence-corrected chi connectivity index (χ1v) is 3.84. The molecule has 1 saturated heterocycles. The quantitative estimate of drug-likeness (QED) is 0.516. The van der Waals surface area contributed by atoms with Gasteiger partial charge in [0.1, 0.15) is 12.5 Å². The maximum Gasteiger partial charge on any atom is 0.340 e. The molecule has 1 fully saturated rings. The van der Waals surface area contributed by atoms with E-state index in [9.17, 15) is 9.59 Å². The fourth-order valence-electron chi connectivity index (χ4n) is 1.57. The highest BCUT2D eigenvalue weighted by atomic mass is 16.6. The molecule has 0 radical (unpaired) electrons. The summed E-state index contributed by atoms with van der Waals surface area (Å²) in [5, 5.41) is 7.44. The largest absolute Gasteiger partial charge is 0.467 e. The Morgan fingerprint density at radius 2 is 2.54 bits per heavy atom. The minimum Gasteiger partial charge on any atom is -0.467 e. The predicted octanol–water partition coefficient (Wildman–Crippen LogP) is -0.463. The highest BCUT2D eigenvalue weighted by molar-refractivity contribution is 5.92. The Hall–Kier alpha value is -1.46. The van der Waals surface area contributed by atoms with Crippen LogP contribution in [-0.4, -0.2) is 37.7 Å². The molecule has 0 bridgehead atoms. The zero-order valence-corrected chi connectivity index (χ0v) is 7.02. The van der Waals surface area contributed by atoms with E-state index in [0.29, 0.717) is 0 Å². The number of ether oxygens (including phenoxy) is 2. The van der Waals surface area contributed by atoms with E-state index in [1.54, 1.807) is 0 Å². The molecule has 0 saturated carbocycles. The maximum absolute atomic E-state index is 11.4. The smallest absolute Gasteiger partial charge is 0.340 e. The zero-order valence-electron chi connectivity index (χ0n) is 7.02. The first-order chi connectivity index (χ1) is 6.20. The fraction of sp³-hybridized carbons (Fsp3) is 0.714. The molecule has 2 aliphatic rings. The molecule has 6 nitrogen and oxygen atoms in total. The Morgan fingerprint density at radius 1 is 1.77 bits per heavy atom. The average molecular weight is 184 g/mol. The first kappa shape index (κ1) is 8.15. The van der Waals surface area contributed by atoms with Crippen molar-refractivity contribution in [2.75, 3.05) is 20.3 Å². The van der Waals surface area contributed by atoms with Crippen molar-refractivity contribution in [3.63, 3.8) is 0 Å². The third kappa shape index (κ3) is 0.881. The molecule has 0 amide bonds. The molecular weight excluding hydrogens is 176 g/mol. The molecule has 0 aromatic carbocycles. The molecule has 2 atom stereocenters. The minimum atomic E-state index is -1.19. The standard InChI is InChI=1S/C7H8N2O4/c1-12-6(11)7-3-13-5(10)4(7)2-8-9-7/h4H,2-3H2,1H3. The Bertz CT molecular complexity index is 301. The molecule has 0 spiro atoms. The summed E-state index contributed by atoms with van der Waals surface area (Å²) in [5.41, 5.74) is -1.19. The van der Waals surface area contributed by atoms with Crippen LogP contribution in [0.4, 0.5) is 0 Å². The van der Waals surface area contributed by atoms with Gasteiger partial charge in [-0.1, -0.05) is 0 Å². The summed E-state index contributed by atoms with van der Waals surface area (Å²) < 4.78 is 9.31. The van der Waals surface area contributed by atoms with E-state index in [4.69, 9.17) is 4.74 Å². The van der Waals surface area contributed by atoms with E-state index in [1.165, 1.54) is 7.11 Å². The molecule has 13 heavy (non-hydrogen) atoms. The van der Waals surface area contributed by atoms with Crippen LogP contribution in [0.3, 0.4) is 0 Å². The number of nitrogens with zero attached hydrogens (tertiary/aromatic N) is 2. The molecule has 6 heteroatoms. The molecule has 2 unspecified atom stereocenters. The van der Waals surface area contributed by atoms with Gasteiger partial charge in [0.15, 0.2) is 0 Å². The van der Waals surface area contributed by atoms with Gasteiger partial charge < -0.3 is 9.47 Å². The van der Waals surface area contributed by atoms with Crippen molar-refractivity contribution in [2.24, 2.45) is 16.1 Å². The third-order valence-corrected chi connectivity index (χ3v) is 2.35. The number of carbonyl (C=O) groups excluding carboxylic acids is 2. The molecule has 70 valence electrons. The Kier molecular flexibility index (Phi) is 1.58. The summed E-state index contributed by atoms with van der Waals surface area (Å²) in [6.45, 7) is 0.167. The van der Waals surface area contributed by atoms with Crippen LogP contribution in [0.15, 0.2) is 10.2 Å². The SMILES string of the molecule is COC(=O)C12COC(=O)C1CN=N2. The molecule has 0 aromatic rings. The third-order valence-electron chi connectivity index (χ3n) is 2.35. The summed E-state index contributed by atoms with van der Waals surface area (Å²) in [6.07, 6.45) is 0. The summed E-state index contributed by atoms with van der Waals surface area (Å²) in [5.74, 6) is -1.56. The van der Waals surface area contributed by atoms with E-state index in [2.05, 4.69) is 15.0 Å². The van der Waals surface area contributed by atoms with Gasteiger partial charge in [-0.3, -0.25) is 4.79 Å². The Balaban J connectivity index is 2.35. The lowest BCUT2D eigenvalue weighted by molar-refractivity contribution is -0.148. The molecule has 0 aliphatic carbocycles. The van der Waals surface area contributed by atoms with Crippen molar-refractivity contribution in [3.8, 4) is 0 Å². The molecule has 2 heterocycles. The summed E-state index contributed by atoms with van der Waals surface area (Å²) >= 11 is 0. The van der Waals surface area contributed by atoms with Crippen LogP contribution in [-0.2, 0) is 19.1 Å². The lowest BCUT2D eigenvalue weighted by Crippen LogP contribution is -2.43. The van der Waals surface area contributed by atoms with Crippen LogP contribution in [0, 0.1) is 5.92 Å². The van der Waals surface area contributed by atoms with Gasteiger partial charge in [0.05, 0.1) is 13.7 Å². The van der Waals surface area contributed by atoms with Gasteiger partial charge in [-0.2, -0.15) is 10.2 Å². The average Bonchev–Trinajstić information content (AvgIpc) is 2.67. The summed E-state index contributed by atoms with van der Waals surface area (Å²) in [6, 6.07) is 0. The van der Waals surface area contributed by atoms with Gasteiger partial charge >= 0.3 is 11.9 Å². The van der Waals surface area contributed by atoms with E-state index >= 15 is 0 Å². The summed E-state index contributed by atoms with van der Waals surface area (Å²) in [7, 11) is 1.25. The predicted molar refractivity (Wildman–Crippen MR) is 38.9 cm³/mol. The highest BCUT2D eigenvalue weighted by Crippen LogP contribution is 2.36. The lowest BCUT2D eigenvalue weighted by Gasteiger charge is -2.16. The van der Waals surface area contributed by atoms with Gasteiger partial charge in [0.2, 0.25) is 5.54 Å². The molecule has 0 N–H and O–H groups in total. The highest BCUT2D eigenvalue weighted by Gasteiger charge is 2.60. The Morgan fingerprint density at radius 3 is 3.23 bits per heavy atom. The molecular formula is C7H8N2O4. The van der Waals surface area contributed by atoms with Crippen molar-refractivity contribution in [1.29, 1.82) is 0 Å². The molecule has 2 aliphatic heterocycles. The van der Waals surface area contributed by atoms with E-state index in [-0.39, 0.29) is 13.2 Å². The number of hydrogen-bond donors (Lipinski definition) is 0. The topological polar surface area (TPSA) is 77.3 Å². The normalized spacial score (nSPS) is 35.8. The second-order valence-electron chi connectivity index (χ2n) is 3.00. The van der Waals surface area contributed by atoms with Crippen LogP contribution in [0.25, 0.3) is 0 Å². The maximum atomic E-state index is 11.4. The van der Waals surface area contributed by atoms with Crippen LogP contribution in [0.2, 0.25) is 0 Å². The minimum absolute atomic E-state index is 0.0489. The number of cyclic esters (lactones) is 1. The van der Waals surface area contributed by atoms with Gasteiger partial charge in [-0.25, -0.2) is 4.79 Å². The van der Waals surface area contributed by atoms with E-state index in [0.717, 1.165) is 0 Å². The van der Waals surface area contributed by atoms with Crippen molar-refractivity contribution >= 4 is 11.9 Å². The van der Waals surface area contributed by atoms with Gasteiger partial charge in [-0.15, -0.1) is 0 Å². The molecule has 2 rings (SSSR count). The van der Waals surface area contributed by atoms with Gasteiger partial charge in [0, 0.05) is 0 Å². The monoisotopic (exact) mass is 184 g/mol. The zero-order chi connectivity index (χ0) is 9.47. The van der Waals surface area contributed by atoms with E-state index < -0.39 is 23.4 Å². The number of hydrogen-bond acceptors (Lipinski definition) is 6. The fourth-order valence-corrected chi connectivity index (χ4v) is 1.57. The molecule has 0 aromatic heterocycles. The number of azo groups is 1. The van der Waals surface area contributed by atoms with Crippen molar-refractivity contribution in [3.05, 3.63) is 0 Å². The van der Waals surface area contributed by atoms with E-state index in [1.807, 2.05) is 0 Å². The second-order valence-corrected chi connectivity index (χ2v) is 3.00. The van der Waals surface area contributed by atoms with Gasteiger partial charge in [0.25, 0.3) is 0 Å². The number of rotatable bonds is 1. The van der Waals surface area contributed by atoms with Crippen molar-refractivity contribution in [1.82, 2.24) is 0 Å². The second kappa shape index (κ2) is 2.51. The number of esters is 2. The number of methoxy groups -OCH3 is 1.